The van der Waals surface area contributed by atoms with Crippen LogP contribution in [-0.2, 0) is 0 Å². The van der Waals surface area contributed by atoms with Gasteiger partial charge in [-0.2, -0.15) is 0 Å². The fraction of sp³-hybridized carbons (Fsp3) is 0.462. The maximum absolute atomic E-state index is 11.0. The molecule has 0 aliphatic heterocycles. The van der Waals surface area contributed by atoms with Crippen molar-refractivity contribution in [3.05, 3.63) is 33.9 Å². The van der Waals surface area contributed by atoms with Crippen LogP contribution < -0.4 is 5.32 Å². The summed E-state index contributed by atoms with van der Waals surface area (Å²) in [6.07, 6.45) is 2.18. The molecule has 19 heavy (non-hydrogen) atoms. The van der Waals surface area contributed by atoms with Crippen LogP contribution in [0.4, 0.5) is 11.4 Å². The first kappa shape index (κ1) is 13.3. The second kappa shape index (κ2) is 4.53. The van der Waals surface area contributed by atoms with Crippen LogP contribution in [0.25, 0.3) is 0 Å². The number of rotatable bonds is 5. The summed E-state index contributed by atoms with van der Waals surface area (Å²) >= 11 is 0. The van der Waals surface area contributed by atoms with E-state index in [4.69, 9.17) is 5.11 Å². The lowest BCUT2D eigenvalue weighted by atomic mass is 9.97. The normalized spacial score (nSPS) is 15.1. The Morgan fingerprint density at radius 3 is 2.58 bits per heavy atom. The van der Waals surface area contributed by atoms with E-state index in [1.54, 1.807) is 0 Å². The van der Waals surface area contributed by atoms with E-state index in [9.17, 15) is 14.9 Å². The summed E-state index contributed by atoms with van der Waals surface area (Å²) < 4.78 is 0. The molecule has 1 aromatic carbocycles. The Balaban J connectivity index is 2.37. The number of nitro groups is 1. The fourth-order valence-electron chi connectivity index (χ4n) is 2.18. The van der Waals surface area contributed by atoms with Gasteiger partial charge in [0.05, 0.1) is 10.5 Å². The van der Waals surface area contributed by atoms with E-state index >= 15 is 0 Å². The Hall–Kier alpha value is -2.11. The number of anilines is 1. The Labute approximate surface area is 110 Å². The highest BCUT2D eigenvalue weighted by atomic mass is 16.6. The van der Waals surface area contributed by atoms with Crippen molar-refractivity contribution in [2.75, 3.05) is 5.32 Å². The predicted molar refractivity (Wildman–Crippen MR) is 70.5 cm³/mol. The third-order valence-corrected chi connectivity index (χ3v) is 3.50. The lowest BCUT2D eigenvalue weighted by molar-refractivity contribution is -0.384. The van der Waals surface area contributed by atoms with E-state index in [-0.39, 0.29) is 22.5 Å². The van der Waals surface area contributed by atoms with Crippen LogP contribution in [-0.4, -0.2) is 21.5 Å². The van der Waals surface area contributed by atoms with Crippen molar-refractivity contribution in [2.24, 2.45) is 5.92 Å². The van der Waals surface area contributed by atoms with E-state index in [2.05, 4.69) is 5.32 Å². The number of hydrogen-bond acceptors (Lipinski definition) is 4. The number of aromatic carboxylic acids is 1. The summed E-state index contributed by atoms with van der Waals surface area (Å²) in [5.41, 5.74) is -0.0674. The number of carboxylic acid groups (broad SMARTS) is 1. The summed E-state index contributed by atoms with van der Waals surface area (Å²) in [6, 6.07) is 3.80. The lowest BCUT2D eigenvalue weighted by Crippen LogP contribution is -2.33. The topological polar surface area (TPSA) is 92.5 Å². The molecule has 1 fully saturated rings. The molecule has 0 radical (unpaired) electrons. The van der Waals surface area contributed by atoms with Gasteiger partial charge in [0.2, 0.25) is 0 Å². The number of hydrogen-bond donors (Lipinski definition) is 2. The van der Waals surface area contributed by atoms with E-state index in [0.717, 1.165) is 12.8 Å². The zero-order chi connectivity index (χ0) is 14.2. The first-order valence-electron chi connectivity index (χ1n) is 6.11. The van der Waals surface area contributed by atoms with Crippen molar-refractivity contribution in [1.82, 2.24) is 0 Å². The van der Waals surface area contributed by atoms with Crippen molar-refractivity contribution in [3.8, 4) is 0 Å². The Kier molecular flexibility index (Phi) is 3.18. The Morgan fingerprint density at radius 1 is 1.47 bits per heavy atom. The van der Waals surface area contributed by atoms with Crippen LogP contribution in [0.15, 0.2) is 18.2 Å². The van der Waals surface area contributed by atoms with Gasteiger partial charge in [0.15, 0.2) is 0 Å². The predicted octanol–water partition coefficient (Wildman–Crippen LogP) is 2.89. The molecule has 0 spiro atoms. The molecule has 2 rings (SSSR count). The highest BCUT2D eigenvalue weighted by molar-refractivity contribution is 5.90. The zero-order valence-corrected chi connectivity index (χ0v) is 10.8. The molecule has 0 heterocycles. The highest BCUT2D eigenvalue weighted by Gasteiger charge is 2.38. The fourth-order valence-corrected chi connectivity index (χ4v) is 2.18. The molecule has 1 aliphatic rings. The molecule has 0 saturated heterocycles. The van der Waals surface area contributed by atoms with E-state index in [1.807, 2.05) is 13.8 Å². The molecule has 1 aromatic rings. The van der Waals surface area contributed by atoms with Crippen LogP contribution in [0.1, 0.15) is 37.0 Å². The molecule has 6 nitrogen and oxygen atoms in total. The molecule has 6 heteroatoms. The molecule has 1 saturated carbocycles. The monoisotopic (exact) mass is 264 g/mol. The molecule has 0 bridgehead atoms. The highest BCUT2D eigenvalue weighted by Crippen LogP contribution is 2.42. The molecule has 0 unspecified atom stereocenters. The van der Waals surface area contributed by atoms with Gasteiger partial charge in [-0.25, -0.2) is 4.79 Å². The zero-order valence-electron chi connectivity index (χ0n) is 10.8. The molecule has 1 aliphatic carbocycles. The average Bonchev–Trinajstić information content (AvgIpc) is 3.11. The first-order chi connectivity index (χ1) is 8.81. The molecule has 2 N–H and O–H groups in total. The number of nitrogens with zero attached hydrogens (tertiary/aromatic N) is 1. The van der Waals surface area contributed by atoms with Gasteiger partial charge >= 0.3 is 5.97 Å². The third-order valence-electron chi connectivity index (χ3n) is 3.50. The summed E-state index contributed by atoms with van der Waals surface area (Å²) in [5, 5.41) is 23.1. The van der Waals surface area contributed by atoms with Crippen molar-refractivity contribution < 1.29 is 14.8 Å². The SMILES string of the molecule is CC(C)(Nc1cc(C(=O)O)ccc1[N+](=O)[O-])C1CC1. The number of nitrogens with one attached hydrogen (secondary N) is 1. The Bertz CT molecular complexity index is 535. The minimum Gasteiger partial charge on any atom is -0.478 e. The maximum atomic E-state index is 11.0. The first-order valence-corrected chi connectivity index (χ1v) is 6.11. The van der Waals surface area contributed by atoms with Gasteiger partial charge < -0.3 is 10.4 Å². The van der Waals surface area contributed by atoms with Gasteiger partial charge in [-0.3, -0.25) is 10.1 Å². The van der Waals surface area contributed by atoms with Crippen molar-refractivity contribution in [1.29, 1.82) is 0 Å². The third kappa shape index (κ3) is 2.83. The minimum atomic E-state index is -1.10. The second-order valence-corrected chi connectivity index (χ2v) is 5.42. The van der Waals surface area contributed by atoms with Crippen LogP contribution in [0.5, 0.6) is 0 Å². The molecule has 0 amide bonds. The molecular formula is C13H16N2O4. The number of carboxylic acids is 1. The summed E-state index contributed by atoms with van der Waals surface area (Å²) in [7, 11) is 0. The molecule has 0 aromatic heterocycles. The van der Waals surface area contributed by atoms with Crippen LogP contribution in [0.2, 0.25) is 0 Å². The van der Waals surface area contributed by atoms with Gasteiger partial charge in [-0.15, -0.1) is 0 Å². The molecular weight excluding hydrogens is 248 g/mol. The molecule has 102 valence electrons. The largest absolute Gasteiger partial charge is 0.478 e. The van der Waals surface area contributed by atoms with Gasteiger partial charge in [-0.1, -0.05) is 0 Å². The quantitative estimate of drug-likeness (QED) is 0.630. The van der Waals surface area contributed by atoms with Gasteiger partial charge in [0, 0.05) is 11.6 Å². The Morgan fingerprint density at radius 2 is 2.11 bits per heavy atom. The standard InChI is InChI=1S/C13H16N2O4/c1-13(2,9-4-5-9)14-10-7-8(12(16)17)3-6-11(10)15(18)19/h3,6-7,9,14H,4-5H2,1-2H3,(H,16,17). The molecule has 0 atom stereocenters. The van der Waals surface area contributed by atoms with Crippen molar-refractivity contribution in [3.63, 3.8) is 0 Å². The van der Waals surface area contributed by atoms with E-state index < -0.39 is 10.9 Å². The second-order valence-electron chi connectivity index (χ2n) is 5.42. The van der Waals surface area contributed by atoms with E-state index in [0.29, 0.717) is 5.92 Å². The minimum absolute atomic E-state index is 0.0414. The smallest absolute Gasteiger partial charge is 0.335 e. The number of nitro benzene ring substituents is 1. The van der Waals surface area contributed by atoms with E-state index in [1.165, 1.54) is 18.2 Å². The summed E-state index contributed by atoms with van der Waals surface area (Å²) in [4.78, 5) is 21.4. The van der Waals surface area contributed by atoms with Gasteiger partial charge in [0.25, 0.3) is 5.69 Å². The van der Waals surface area contributed by atoms with Gasteiger partial charge in [0.1, 0.15) is 5.69 Å². The van der Waals surface area contributed by atoms with Crippen molar-refractivity contribution >= 4 is 17.3 Å². The summed E-state index contributed by atoms with van der Waals surface area (Å²) in [6.45, 7) is 3.95. The van der Waals surface area contributed by atoms with Crippen LogP contribution in [0, 0.1) is 16.0 Å². The lowest BCUT2D eigenvalue weighted by Gasteiger charge is -2.27. The average molecular weight is 264 g/mol. The summed E-state index contributed by atoms with van der Waals surface area (Å²) in [5.74, 6) is -0.622. The van der Waals surface area contributed by atoms with Gasteiger partial charge in [-0.05, 0) is 44.7 Å². The van der Waals surface area contributed by atoms with Crippen LogP contribution >= 0.6 is 0 Å². The maximum Gasteiger partial charge on any atom is 0.335 e. The van der Waals surface area contributed by atoms with Crippen LogP contribution in [0.3, 0.4) is 0 Å². The number of benzene rings is 1. The number of carbonyl (C=O) groups is 1. The van der Waals surface area contributed by atoms with Crippen molar-refractivity contribution in [2.45, 2.75) is 32.2 Å².